The predicted molar refractivity (Wildman–Crippen MR) is 104 cm³/mol. The van der Waals surface area contributed by atoms with Crippen molar-refractivity contribution in [3.63, 3.8) is 0 Å². The van der Waals surface area contributed by atoms with Crippen LogP contribution in [0.25, 0.3) is 0 Å². The second-order valence-electron chi connectivity index (χ2n) is 7.87. The molecule has 0 bridgehead atoms. The van der Waals surface area contributed by atoms with Crippen LogP contribution in [-0.2, 0) is 13.5 Å². The molecule has 0 fully saturated rings. The van der Waals surface area contributed by atoms with E-state index in [0.29, 0.717) is 12.3 Å². The highest BCUT2D eigenvalue weighted by Gasteiger charge is 2.36. The first-order chi connectivity index (χ1) is 11.2. The van der Waals surface area contributed by atoms with Gasteiger partial charge in [-0.25, -0.2) is 13.4 Å². The monoisotopic (exact) mass is 407 g/mol. The number of ether oxygens (including phenoxy) is 1. The van der Waals surface area contributed by atoms with Crippen molar-refractivity contribution in [2.75, 3.05) is 6.61 Å². The van der Waals surface area contributed by atoms with Crippen LogP contribution in [-0.4, -0.2) is 34.4 Å². The van der Waals surface area contributed by atoms with Crippen LogP contribution in [0.15, 0.2) is 17.0 Å². The molecule has 144 valence electrons. The average molecular weight is 408 g/mol. The van der Waals surface area contributed by atoms with Gasteiger partial charge >= 0.3 is 0 Å². The number of aryl methyl sites for hydroxylation is 1. The van der Waals surface area contributed by atoms with Gasteiger partial charge < -0.3 is 9.16 Å². The van der Waals surface area contributed by atoms with Crippen molar-refractivity contribution in [1.82, 2.24) is 4.98 Å². The van der Waals surface area contributed by atoms with Crippen LogP contribution in [0.5, 0.6) is 5.88 Å². The topological polar surface area (TPSA) is 65.5 Å². The maximum absolute atomic E-state index is 11.6. The van der Waals surface area contributed by atoms with E-state index in [1.54, 1.807) is 13.0 Å². The molecule has 1 aromatic heterocycles. The molecule has 1 heterocycles. The summed E-state index contributed by atoms with van der Waals surface area (Å²) in [5.74, 6) is 0.0628. The first kappa shape index (κ1) is 22.4. The summed E-state index contributed by atoms with van der Waals surface area (Å²) in [5.41, 5.74) is 0.674. The highest BCUT2D eigenvalue weighted by atomic mass is 35.7. The Hall–Kier alpha value is -0.633. The summed E-state index contributed by atoms with van der Waals surface area (Å²) in [6.45, 7) is 15.4. The minimum atomic E-state index is -3.89. The largest absolute Gasteiger partial charge is 0.474 e. The van der Waals surface area contributed by atoms with E-state index in [2.05, 4.69) is 38.8 Å². The lowest BCUT2D eigenvalue weighted by Gasteiger charge is -2.36. The molecule has 25 heavy (non-hydrogen) atoms. The van der Waals surface area contributed by atoms with Gasteiger partial charge in [-0.2, -0.15) is 0 Å². The molecule has 0 aliphatic carbocycles. The Labute approximate surface area is 157 Å². The minimum absolute atomic E-state index is 0.0628. The standard InChI is InChI=1S/C17H30ClNO4SSi/c1-13-10-11-15(24(18,20)21)16(19-13)23-14(2)9-8-12-22-25(6,7)17(3,4)5/h10-11,14H,8-9,12H2,1-7H3. The average Bonchev–Trinajstić information content (AvgIpc) is 2.41. The van der Waals surface area contributed by atoms with E-state index in [1.807, 2.05) is 6.92 Å². The second-order valence-corrected chi connectivity index (χ2v) is 15.2. The molecule has 1 atom stereocenters. The van der Waals surface area contributed by atoms with E-state index in [9.17, 15) is 8.42 Å². The molecule has 0 aliphatic heterocycles. The third-order valence-electron chi connectivity index (χ3n) is 4.56. The summed E-state index contributed by atoms with van der Waals surface area (Å²) in [7, 11) is -0.177. The van der Waals surface area contributed by atoms with Crippen molar-refractivity contribution in [2.45, 2.75) is 76.6 Å². The predicted octanol–water partition coefficient (Wildman–Crippen LogP) is 4.89. The summed E-state index contributed by atoms with van der Waals surface area (Å²) in [6, 6.07) is 3.02. The first-order valence-corrected chi connectivity index (χ1v) is 13.7. The Bertz CT molecular complexity index is 686. The fraction of sp³-hybridized carbons (Fsp3) is 0.706. The van der Waals surface area contributed by atoms with Gasteiger partial charge in [0.05, 0.1) is 6.10 Å². The van der Waals surface area contributed by atoms with Crippen molar-refractivity contribution < 1.29 is 17.6 Å². The maximum atomic E-state index is 11.6. The smallest absolute Gasteiger partial charge is 0.266 e. The van der Waals surface area contributed by atoms with E-state index in [0.717, 1.165) is 12.8 Å². The lowest BCUT2D eigenvalue weighted by atomic mass is 10.2. The third kappa shape index (κ3) is 6.88. The summed E-state index contributed by atoms with van der Waals surface area (Å²) in [6.07, 6.45) is 1.39. The number of nitrogens with zero attached hydrogens (tertiary/aromatic N) is 1. The number of aromatic nitrogens is 1. The van der Waals surface area contributed by atoms with Crippen LogP contribution in [0.1, 0.15) is 46.2 Å². The Morgan fingerprint density at radius 1 is 1.28 bits per heavy atom. The van der Waals surface area contributed by atoms with E-state index in [-0.39, 0.29) is 21.9 Å². The summed E-state index contributed by atoms with van der Waals surface area (Å²) in [5, 5.41) is 0.185. The fourth-order valence-corrected chi connectivity index (χ4v) is 3.93. The quantitative estimate of drug-likeness (QED) is 0.348. The second kappa shape index (κ2) is 8.37. The van der Waals surface area contributed by atoms with Gasteiger partial charge in [-0.3, -0.25) is 0 Å². The number of hydrogen-bond donors (Lipinski definition) is 0. The highest BCUT2D eigenvalue weighted by molar-refractivity contribution is 8.13. The van der Waals surface area contributed by atoms with Crippen LogP contribution in [0.3, 0.4) is 0 Å². The SMILES string of the molecule is Cc1ccc(S(=O)(=O)Cl)c(OC(C)CCCO[Si](C)(C)C(C)(C)C)n1. The van der Waals surface area contributed by atoms with Crippen molar-refractivity contribution in [3.05, 3.63) is 17.8 Å². The summed E-state index contributed by atoms with van der Waals surface area (Å²) in [4.78, 5) is 4.08. The third-order valence-corrected chi connectivity index (χ3v) is 10.4. The number of hydrogen-bond acceptors (Lipinski definition) is 5. The molecule has 1 rings (SSSR count). The first-order valence-electron chi connectivity index (χ1n) is 8.47. The number of halogens is 1. The van der Waals surface area contributed by atoms with Crippen LogP contribution < -0.4 is 4.74 Å². The van der Waals surface area contributed by atoms with Gasteiger partial charge in [0.25, 0.3) is 9.05 Å². The molecule has 0 amide bonds. The molecule has 5 nitrogen and oxygen atoms in total. The van der Waals surface area contributed by atoms with Crippen LogP contribution in [0.4, 0.5) is 0 Å². The van der Waals surface area contributed by atoms with Gasteiger partial charge in [0.2, 0.25) is 5.88 Å². The Morgan fingerprint density at radius 2 is 1.88 bits per heavy atom. The van der Waals surface area contributed by atoms with Gasteiger partial charge in [0.1, 0.15) is 4.90 Å². The molecule has 1 aromatic rings. The zero-order chi connectivity index (χ0) is 19.5. The fourth-order valence-electron chi connectivity index (χ4n) is 1.95. The highest BCUT2D eigenvalue weighted by Crippen LogP contribution is 2.36. The van der Waals surface area contributed by atoms with Crippen LogP contribution >= 0.6 is 10.7 Å². The van der Waals surface area contributed by atoms with Crippen molar-refractivity contribution in [2.24, 2.45) is 0 Å². The van der Waals surface area contributed by atoms with Gasteiger partial charge in [-0.15, -0.1) is 0 Å². The molecule has 0 spiro atoms. The number of rotatable bonds is 8. The number of pyridine rings is 1. The van der Waals surface area contributed by atoms with Crippen LogP contribution in [0.2, 0.25) is 18.1 Å². The zero-order valence-corrected chi connectivity index (χ0v) is 18.8. The molecule has 0 N–H and O–H groups in total. The lowest BCUT2D eigenvalue weighted by molar-refractivity contribution is 0.179. The van der Waals surface area contributed by atoms with E-state index in [1.165, 1.54) is 6.07 Å². The van der Waals surface area contributed by atoms with E-state index < -0.39 is 17.4 Å². The molecule has 0 saturated carbocycles. The molecule has 8 heteroatoms. The molecule has 0 radical (unpaired) electrons. The molecule has 1 unspecified atom stereocenters. The van der Waals surface area contributed by atoms with Gasteiger partial charge in [-0.1, -0.05) is 20.8 Å². The van der Waals surface area contributed by atoms with Crippen molar-refractivity contribution in [3.8, 4) is 5.88 Å². The molecule has 0 aliphatic rings. The Kier molecular flexibility index (Phi) is 7.50. The zero-order valence-electron chi connectivity index (χ0n) is 16.2. The Morgan fingerprint density at radius 3 is 2.40 bits per heavy atom. The molecule has 0 aromatic carbocycles. The van der Waals surface area contributed by atoms with Gasteiger partial charge in [-0.05, 0) is 57.0 Å². The van der Waals surface area contributed by atoms with Gasteiger partial charge in [0, 0.05) is 23.0 Å². The molecule has 0 saturated heterocycles. The van der Waals surface area contributed by atoms with Crippen LogP contribution in [0, 0.1) is 6.92 Å². The minimum Gasteiger partial charge on any atom is -0.474 e. The lowest BCUT2D eigenvalue weighted by Crippen LogP contribution is -2.41. The Balaban J connectivity index is 2.62. The van der Waals surface area contributed by atoms with Gasteiger partial charge in [0.15, 0.2) is 8.32 Å². The van der Waals surface area contributed by atoms with Crippen molar-refractivity contribution >= 4 is 28.1 Å². The summed E-state index contributed by atoms with van der Waals surface area (Å²) < 4.78 is 35.2. The van der Waals surface area contributed by atoms with E-state index >= 15 is 0 Å². The molecular weight excluding hydrogens is 378 g/mol. The maximum Gasteiger partial charge on any atom is 0.266 e. The summed E-state index contributed by atoms with van der Waals surface area (Å²) >= 11 is 0. The molecular formula is C17H30ClNO4SSi. The van der Waals surface area contributed by atoms with E-state index in [4.69, 9.17) is 19.8 Å². The normalized spacial score (nSPS) is 14.4. The van der Waals surface area contributed by atoms with Crippen molar-refractivity contribution in [1.29, 1.82) is 0 Å².